The van der Waals surface area contributed by atoms with E-state index in [-0.39, 0.29) is 16.6 Å². The molecule has 11 heteroatoms. The maximum absolute atomic E-state index is 12.9. The van der Waals surface area contributed by atoms with Crippen LogP contribution in [-0.4, -0.2) is 91.4 Å². The van der Waals surface area contributed by atoms with Gasteiger partial charge in [-0.25, -0.2) is 4.68 Å². The number of carbonyl (C=O) groups excluding carboxylic acids is 2. The largest absolute Gasteiger partial charge is 0.495 e. The Kier molecular flexibility index (Phi) is 7.43. The number of carbonyl (C=O) groups is 2. The number of hydrogen-bond acceptors (Lipinski definition) is 7. The van der Waals surface area contributed by atoms with Crippen molar-refractivity contribution in [2.75, 3.05) is 64.5 Å². The zero-order valence-corrected chi connectivity index (χ0v) is 20.2. The second-order valence-electron chi connectivity index (χ2n) is 7.99. The number of piperazine rings is 1. The number of halogens is 2. The van der Waals surface area contributed by atoms with Gasteiger partial charge in [-0.2, -0.15) is 5.10 Å². The average molecular weight is 496 g/mol. The van der Waals surface area contributed by atoms with E-state index in [0.29, 0.717) is 68.9 Å². The number of hydrogen-bond donors (Lipinski definition) is 0. The zero-order valence-electron chi connectivity index (χ0n) is 18.7. The molecule has 4 rings (SSSR count). The summed E-state index contributed by atoms with van der Waals surface area (Å²) in [5.74, 6) is 0.387. The van der Waals surface area contributed by atoms with Gasteiger partial charge >= 0.3 is 0 Å². The average Bonchev–Trinajstić information content (AvgIpc) is 3.14. The van der Waals surface area contributed by atoms with Crippen LogP contribution >= 0.6 is 23.2 Å². The van der Waals surface area contributed by atoms with Crippen molar-refractivity contribution in [3.63, 3.8) is 0 Å². The van der Waals surface area contributed by atoms with Crippen LogP contribution in [0.2, 0.25) is 10.0 Å². The van der Waals surface area contributed by atoms with Gasteiger partial charge < -0.3 is 19.3 Å². The first-order valence-electron chi connectivity index (χ1n) is 10.8. The van der Waals surface area contributed by atoms with Gasteiger partial charge in [-0.05, 0) is 19.1 Å². The summed E-state index contributed by atoms with van der Waals surface area (Å²) < 4.78 is 12.2. The molecule has 2 fully saturated rings. The van der Waals surface area contributed by atoms with Crippen LogP contribution in [0.5, 0.6) is 5.75 Å². The number of ether oxygens (including phenoxy) is 2. The topological polar surface area (TPSA) is 80.1 Å². The molecule has 2 aliphatic rings. The van der Waals surface area contributed by atoms with Crippen molar-refractivity contribution in [3.8, 4) is 5.75 Å². The first-order valence-corrected chi connectivity index (χ1v) is 11.6. The second kappa shape index (κ2) is 10.3. The molecule has 0 saturated carbocycles. The number of methoxy groups -OCH3 is 1. The van der Waals surface area contributed by atoms with Crippen molar-refractivity contribution in [2.24, 2.45) is 0 Å². The second-order valence-corrected chi connectivity index (χ2v) is 8.77. The van der Waals surface area contributed by atoms with E-state index in [0.717, 1.165) is 12.0 Å². The molecule has 1 aromatic heterocycles. The van der Waals surface area contributed by atoms with Crippen molar-refractivity contribution in [1.82, 2.24) is 19.6 Å². The van der Waals surface area contributed by atoms with E-state index in [1.165, 1.54) is 0 Å². The summed E-state index contributed by atoms with van der Waals surface area (Å²) in [5.41, 5.74) is 1.78. The van der Waals surface area contributed by atoms with Gasteiger partial charge in [0.25, 0.3) is 5.91 Å². The van der Waals surface area contributed by atoms with Gasteiger partial charge in [0.15, 0.2) is 18.1 Å². The molecular formula is C22H27Cl2N5O4. The highest BCUT2D eigenvalue weighted by Crippen LogP contribution is 2.31. The third-order valence-corrected chi connectivity index (χ3v) is 6.90. The van der Waals surface area contributed by atoms with Crippen LogP contribution in [0.1, 0.15) is 22.3 Å². The van der Waals surface area contributed by atoms with Crippen molar-refractivity contribution >= 4 is 41.1 Å². The van der Waals surface area contributed by atoms with E-state index < -0.39 is 6.17 Å². The van der Waals surface area contributed by atoms with Crippen LogP contribution in [0.15, 0.2) is 18.2 Å². The molecule has 2 aliphatic heterocycles. The molecule has 1 atom stereocenters. The van der Waals surface area contributed by atoms with Gasteiger partial charge in [0.05, 0.1) is 36.1 Å². The first-order chi connectivity index (χ1) is 15.9. The smallest absolute Gasteiger partial charge is 0.276 e. The van der Waals surface area contributed by atoms with Crippen LogP contribution < -0.4 is 9.64 Å². The fourth-order valence-corrected chi connectivity index (χ4v) is 4.60. The molecule has 2 aromatic rings. The number of aromatic nitrogens is 2. The lowest BCUT2D eigenvalue weighted by atomic mass is 10.2. The Morgan fingerprint density at radius 3 is 2.48 bits per heavy atom. The predicted octanol–water partition coefficient (Wildman–Crippen LogP) is 2.50. The lowest BCUT2D eigenvalue weighted by molar-refractivity contribution is -0.116. The van der Waals surface area contributed by atoms with E-state index in [1.54, 1.807) is 23.6 Å². The predicted molar refractivity (Wildman–Crippen MR) is 126 cm³/mol. The maximum Gasteiger partial charge on any atom is 0.276 e. The number of anilines is 1. The minimum atomic E-state index is -0.643. The number of benzene rings is 1. The Morgan fingerprint density at radius 2 is 1.85 bits per heavy atom. The summed E-state index contributed by atoms with van der Waals surface area (Å²) in [5, 5.41) is 5.32. The summed E-state index contributed by atoms with van der Waals surface area (Å²) in [4.78, 5) is 31.0. The van der Waals surface area contributed by atoms with Crippen LogP contribution in [-0.2, 0) is 9.53 Å². The third-order valence-electron chi connectivity index (χ3n) is 6.14. The lowest BCUT2D eigenvalue weighted by Crippen LogP contribution is -2.49. The standard InChI is InChI=1S/C22H27Cl2N5O4/c1-15-20(24)21(22(31)28-9-11-33-12-10-28)25-29(15)19(14-30)27-7-5-26(6-8-27)16-3-4-17(23)18(13-16)32-2/h3-4,13-14,19H,5-12H2,1-2H3. The molecule has 0 spiro atoms. The highest BCUT2D eigenvalue weighted by atomic mass is 35.5. The van der Waals surface area contributed by atoms with E-state index in [1.807, 2.05) is 23.1 Å². The molecule has 2 saturated heterocycles. The van der Waals surface area contributed by atoms with Crippen molar-refractivity contribution in [1.29, 1.82) is 0 Å². The van der Waals surface area contributed by atoms with E-state index in [9.17, 15) is 9.59 Å². The monoisotopic (exact) mass is 495 g/mol. The zero-order chi connectivity index (χ0) is 23.5. The number of morpholine rings is 1. The van der Waals surface area contributed by atoms with Gasteiger partial charge in [0.2, 0.25) is 0 Å². The van der Waals surface area contributed by atoms with Gasteiger partial charge in [-0.15, -0.1) is 0 Å². The van der Waals surface area contributed by atoms with E-state index >= 15 is 0 Å². The Labute approximate surface area is 202 Å². The Bertz CT molecular complexity index is 1020. The minimum absolute atomic E-state index is 0.176. The number of amides is 1. The lowest BCUT2D eigenvalue weighted by Gasteiger charge is -2.38. The quantitative estimate of drug-likeness (QED) is 0.569. The van der Waals surface area contributed by atoms with E-state index in [2.05, 4.69) is 10.00 Å². The molecule has 1 amide bonds. The third kappa shape index (κ3) is 4.82. The molecule has 1 aromatic carbocycles. The summed E-state index contributed by atoms with van der Waals surface area (Å²) in [6.45, 7) is 6.44. The number of rotatable bonds is 6. The molecular weight excluding hydrogens is 469 g/mol. The maximum atomic E-state index is 12.9. The Morgan fingerprint density at radius 1 is 1.15 bits per heavy atom. The van der Waals surface area contributed by atoms with Crippen LogP contribution in [0.3, 0.4) is 0 Å². The molecule has 3 heterocycles. The molecule has 178 valence electrons. The molecule has 0 radical (unpaired) electrons. The summed E-state index contributed by atoms with van der Waals surface area (Å²) in [7, 11) is 1.59. The number of aldehydes is 1. The number of nitrogens with zero attached hydrogens (tertiary/aromatic N) is 5. The Hall–Kier alpha value is -2.33. The molecule has 1 unspecified atom stereocenters. The summed E-state index contributed by atoms with van der Waals surface area (Å²) in [6, 6.07) is 5.69. The highest BCUT2D eigenvalue weighted by molar-refractivity contribution is 6.34. The van der Waals surface area contributed by atoms with Crippen LogP contribution in [0, 0.1) is 6.92 Å². The minimum Gasteiger partial charge on any atom is -0.495 e. The van der Waals surface area contributed by atoms with Crippen LogP contribution in [0.4, 0.5) is 5.69 Å². The van der Waals surface area contributed by atoms with Crippen LogP contribution in [0.25, 0.3) is 0 Å². The van der Waals surface area contributed by atoms with Crippen molar-refractivity contribution in [2.45, 2.75) is 13.1 Å². The molecule has 33 heavy (non-hydrogen) atoms. The highest BCUT2D eigenvalue weighted by Gasteiger charge is 2.31. The molecule has 0 N–H and O–H groups in total. The first kappa shape index (κ1) is 23.8. The van der Waals surface area contributed by atoms with E-state index in [4.69, 9.17) is 32.7 Å². The molecule has 0 aliphatic carbocycles. The fraction of sp³-hybridized carbons (Fsp3) is 0.500. The van der Waals surface area contributed by atoms with Gasteiger partial charge in [-0.3, -0.25) is 14.5 Å². The van der Waals surface area contributed by atoms with Crippen molar-refractivity contribution in [3.05, 3.63) is 39.6 Å². The van der Waals surface area contributed by atoms with Gasteiger partial charge in [-0.1, -0.05) is 23.2 Å². The fourth-order valence-electron chi connectivity index (χ4n) is 4.20. The Balaban J connectivity index is 1.48. The summed E-state index contributed by atoms with van der Waals surface area (Å²) in [6.07, 6.45) is 0.205. The SMILES string of the molecule is COc1cc(N2CCN(C(C=O)n3nc(C(=O)N4CCOCC4)c(Cl)c3C)CC2)ccc1Cl. The molecule has 9 nitrogen and oxygen atoms in total. The van der Waals surface area contributed by atoms with Gasteiger partial charge in [0, 0.05) is 51.0 Å². The van der Waals surface area contributed by atoms with Gasteiger partial charge in [0.1, 0.15) is 5.75 Å². The van der Waals surface area contributed by atoms with Crippen molar-refractivity contribution < 1.29 is 19.1 Å². The normalized spacial score (nSPS) is 18.3. The molecule has 0 bridgehead atoms. The summed E-state index contributed by atoms with van der Waals surface area (Å²) >= 11 is 12.6.